The Bertz CT molecular complexity index is 423. The highest BCUT2D eigenvalue weighted by molar-refractivity contribution is 5.28. The van der Waals surface area contributed by atoms with Gasteiger partial charge >= 0.3 is 6.36 Å². The second kappa shape index (κ2) is 5.79. The lowest BCUT2D eigenvalue weighted by molar-refractivity contribution is -0.274. The van der Waals surface area contributed by atoms with Crippen molar-refractivity contribution >= 4 is 0 Å². The molecule has 1 atom stereocenters. The van der Waals surface area contributed by atoms with Crippen molar-refractivity contribution in [3.8, 4) is 5.75 Å². The van der Waals surface area contributed by atoms with Gasteiger partial charge in [-0.1, -0.05) is 12.1 Å². The molecule has 1 aromatic rings. The Labute approximate surface area is 110 Å². The minimum Gasteiger partial charge on any atom is -0.406 e. The second-order valence-corrected chi connectivity index (χ2v) is 4.70. The van der Waals surface area contributed by atoms with Crippen molar-refractivity contribution in [1.29, 1.82) is 0 Å². The van der Waals surface area contributed by atoms with E-state index in [2.05, 4.69) is 15.0 Å². The summed E-state index contributed by atoms with van der Waals surface area (Å²) >= 11 is 0. The molecule has 0 radical (unpaired) electrons. The Kier molecular flexibility index (Phi) is 4.31. The van der Waals surface area contributed by atoms with Gasteiger partial charge in [0.25, 0.3) is 0 Å². The van der Waals surface area contributed by atoms with Crippen LogP contribution in [0.15, 0.2) is 24.3 Å². The van der Waals surface area contributed by atoms with E-state index in [1.165, 1.54) is 12.1 Å². The number of halogens is 3. The van der Waals surface area contributed by atoms with Crippen LogP contribution in [0.2, 0.25) is 0 Å². The molecule has 0 bridgehead atoms. The molecule has 1 aliphatic heterocycles. The molecule has 0 amide bonds. The standard InChI is InChI=1S/C13H17F3N2O/c1-17-11-5-6-18(9-11)8-10-3-2-4-12(7-10)19-13(14,15)16/h2-4,7,11,17H,5-6,8-9H2,1H3. The third-order valence-corrected chi connectivity index (χ3v) is 3.22. The van der Waals surface area contributed by atoms with Crippen LogP contribution in [0, 0.1) is 0 Å². The highest BCUT2D eigenvalue weighted by Crippen LogP contribution is 2.24. The average molecular weight is 274 g/mol. The van der Waals surface area contributed by atoms with Gasteiger partial charge in [0.15, 0.2) is 0 Å². The van der Waals surface area contributed by atoms with Gasteiger partial charge in [0.1, 0.15) is 5.75 Å². The van der Waals surface area contributed by atoms with Gasteiger partial charge in [0.2, 0.25) is 0 Å². The number of ether oxygens (including phenoxy) is 1. The summed E-state index contributed by atoms with van der Waals surface area (Å²) < 4.78 is 40.3. The number of likely N-dealkylation sites (tertiary alicyclic amines) is 1. The molecule has 106 valence electrons. The number of nitrogens with one attached hydrogen (secondary N) is 1. The van der Waals surface area contributed by atoms with E-state index in [9.17, 15) is 13.2 Å². The van der Waals surface area contributed by atoms with Gasteiger partial charge in [0, 0.05) is 25.7 Å². The van der Waals surface area contributed by atoms with Crippen LogP contribution in [0.25, 0.3) is 0 Å². The number of nitrogens with zero attached hydrogens (tertiary/aromatic N) is 1. The minimum atomic E-state index is -4.64. The zero-order valence-electron chi connectivity index (χ0n) is 10.7. The van der Waals surface area contributed by atoms with E-state index in [1.54, 1.807) is 6.07 Å². The molecule has 0 spiro atoms. The molecule has 6 heteroatoms. The average Bonchev–Trinajstić information content (AvgIpc) is 2.75. The third-order valence-electron chi connectivity index (χ3n) is 3.22. The molecule has 1 aliphatic rings. The Morgan fingerprint density at radius 3 is 2.84 bits per heavy atom. The minimum absolute atomic E-state index is 0.158. The molecule has 1 N–H and O–H groups in total. The number of likely N-dealkylation sites (N-methyl/N-ethyl adjacent to an activating group) is 1. The Morgan fingerprint density at radius 1 is 1.42 bits per heavy atom. The summed E-state index contributed by atoms with van der Waals surface area (Å²) in [7, 11) is 1.92. The number of hydrogen-bond acceptors (Lipinski definition) is 3. The third kappa shape index (κ3) is 4.40. The summed E-state index contributed by atoms with van der Waals surface area (Å²) in [5.41, 5.74) is 0.832. The Balaban J connectivity index is 1.96. The van der Waals surface area contributed by atoms with Crippen molar-refractivity contribution in [1.82, 2.24) is 10.2 Å². The van der Waals surface area contributed by atoms with Crippen LogP contribution in [-0.2, 0) is 6.54 Å². The molecule has 1 fully saturated rings. The lowest BCUT2D eigenvalue weighted by Crippen LogP contribution is -2.29. The van der Waals surface area contributed by atoms with Gasteiger partial charge < -0.3 is 10.1 Å². The fourth-order valence-corrected chi connectivity index (χ4v) is 2.31. The van der Waals surface area contributed by atoms with Gasteiger partial charge in [-0.25, -0.2) is 0 Å². The van der Waals surface area contributed by atoms with Crippen LogP contribution in [0.3, 0.4) is 0 Å². The van der Waals surface area contributed by atoms with E-state index < -0.39 is 6.36 Å². The second-order valence-electron chi connectivity index (χ2n) is 4.70. The van der Waals surface area contributed by atoms with Gasteiger partial charge in [0.05, 0.1) is 0 Å². The van der Waals surface area contributed by atoms with E-state index in [1.807, 2.05) is 13.1 Å². The number of hydrogen-bond donors (Lipinski definition) is 1. The molecule has 0 aromatic heterocycles. The van der Waals surface area contributed by atoms with Gasteiger partial charge in [-0.3, -0.25) is 4.90 Å². The number of rotatable bonds is 4. The van der Waals surface area contributed by atoms with Crippen molar-refractivity contribution < 1.29 is 17.9 Å². The van der Waals surface area contributed by atoms with Crippen molar-refractivity contribution in [3.63, 3.8) is 0 Å². The largest absolute Gasteiger partial charge is 0.573 e. The van der Waals surface area contributed by atoms with E-state index in [0.29, 0.717) is 12.6 Å². The Morgan fingerprint density at radius 2 is 2.21 bits per heavy atom. The zero-order valence-corrected chi connectivity index (χ0v) is 10.7. The molecular weight excluding hydrogens is 257 g/mol. The topological polar surface area (TPSA) is 24.5 Å². The fraction of sp³-hybridized carbons (Fsp3) is 0.538. The molecule has 1 heterocycles. The summed E-state index contributed by atoms with van der Waals surface area (Å²) in [6.07, 6.45) is -3.57. The lowest BCUT2D eigenvalue weighted by atomic mass is 10.2. The van der Waals surface area contributed by atoms with Crippen molar-refractivity contribution in [2.75, 3.05) is 20.1 Å². The van der Waals surface area contributed by atoms with Gasteiger partial charge in [-0.05, 0) is 31.2 Å². The van der Waals surface area contributed by atoms with Crippen LogP contribution >= 0.6 is 0 Å². The van der Waals surface area contributed by atoms with Crippen molar-refractivity contribution in [2.45, 2.75) is 25.4 Å². The monoisotopic (exact) mass is 274 g/mol. The molecule has 1 saturated heterocycles. The van der Waals surface area contributed by atoms with E-state index >= 15 is 0 Å². The smallest absolute Gasteiger partial charge is 0.406 e. The Hall–Kier alpha value is -1.27. The van der Waals surface area contributed by atoms with Gasteiger partial charge in [-0.15, -0.1) is 13.2 Å². The van der Waals surface area contributed by atoms with Crippen LogP contribution < -0.4 is 10.1 Å². The first-order valence-corrected chi connectivity index (χ1v) is 6.20. The first-order valence-electron chi connectivity index (χ1n) is 6.20. The molecule has 1 aromatic carbocycles. The maximum absolute atomic E-state index is 12.1. The van der Waals surface area contributed by atoms with Crippen LogP contribution in [0.1, 0.15) is 12.0 Å². The summed E-state index contributed by atoms with van der Waals surface area (Å²) in [5.74, 6) is -0.158. The zero-order chi connectivity index (χ0) is 13.9. The number of benzene rings is 1. The summed E-state index contributed by atoms with van der Waals surface area (Å²) in [5, 5.41) is 3.21. The molecule has 2 rings (SSSR count). The molecule has 3 nitrogen and oxygen atoms in total. The summed E-state index contributed by atoms with van der Waals surface area (Å²) in [6, 6.07) is 6.63. The van der Waals surface area contributed by atoms with Crippen LogP contribution in [0.5, 0.6) is 5.75 Å². The summed E-state index contributed by atoms with van der Waals surface area (Å²) in [4.78, 5) is 2.22. The maximum atomic E-state index is 12.1. The predicted octanol–water partition coefficient (Wildman–Crippen LogP) is 2.38. The van der Waals surface area contributed by atoms with Crippen molar-refractivity contribution in [2.24, 2.45) is 0 Å². The lowest BCUT2D eigenvalue weighted by Gasteiger charge is -2.16. The molecule has 1 unspecified atom stereocenters. The summed E-state index contributed by atoms with van der Waals surface area (Å²) in [6.45, 7) is 2.52. The molecule has 19 heavy (non-hydrogen) atoms. The SMILES string of the molecule is CNC1CCN(Cc2cccc(OC(F)(F)F)c2)C1. The maximum Gasteiger partial charge on any atom is 0.573 e. The van der Waals surface area contributed by atoms with E-state index in [0.717, 1.165) is 25.1 Å². The quantitative estimate of drug-likeness (QED) is 0.912. The first kappa shape index (κ1) is 14.1. The number of alkyl halides is 3. The fourth-order valence-electron chi connectivity index (χ4n) is 2.31. The first-order chi connectivity index (χ1) is 8.96. The van der Waals surface area contributed by atoms with E-state index in [-0.39, 0.29) is 5.75 Å². The van der Waals surface area contributed by atoms with Crippen LogP contribution in [-0.4, -0.2) is 37.4 Å². The van der Waals surface area contributed by atoms with Crippen molar-refractivity contribution in [3.05, 3.63) is 29.8 Å². The normalized spacial score (nSPS) is 20.7. The predicted molar refractivity (Wildman–Crippen MR) is 65.9 cm³/mol. The molecule has 0 saturated carbocycles. The highest BCUT2D eigenvalue weighted by Gasteiger charge is 2.31. The molecular formula is C13H17F3N2O. The van der Waals surface area contributed by atoms with E-state index in [4.69, 9.17) is 0 Å². The van der Waals surface area contributed by atoms with Gasteiger partial charge in [-0.2, -0.15) is 0 Å². The van der Waals surface area contributed by atoms with Crippen LogP contribution in [0.4, 0.5) is 13.2 Å². The molecule has 0 aliphatic carbocycles. The highest BCUT2D eigenvalue weighted by atomic mass is 19.4.